The van der Waals surface area contributed by atoms with Gasteiger partial charge < -0.3 is 15.0 Å². The monoisotopic (exact) mass is 230 g/mol. The highest BCUT2D eigenvalue weighted by Gasteiger charge is 2.06. The number of nitrogens with zero attached hydrogens (tertiary/aromatic N) is 1. The summed E-state index contributed by atoms with van der Waals surface area (Å²) >= 11 is 0. The van der Waals surface area contributed by atoms with Crippen LogP contribution in [0.15, 0.2) is 0 Å². The number of rotatable bonds is 11. The van der Waals surface area contributed by atoms with Crippen molar-refractivity contribution in [2.24, 2.45) is 0 Å². The third-order valence-electron chi connectivity index (χ3n) is 2.95. The van der Waals surface area contributed by atoms with Gasteiger partial charge in [-0.15, -0.1) is 0 Å². The first-order chi connectivity index (χ1) is 7.72. The second-order valence-electron chi connectivity index (χ2n) is 4.42. The van der Waals surface area contributed by atoms with E-state index in [2.05, 4.69) is 31.1 Å². The molecule has 0 aromatic heterocycles. The molecule has 98 valence electrons. The molecule has 1 N–H and O–H groups in total. The molecule has 0 aliphatic heterocycles. The summed E-state index contributed by atoms with van der Waals surface area (Å²) in [5, 5.41) is 3.45. The summed E-state index contributed by atoms with van der Waals surface area (Å²) in [6, 6.07) is 0.704. The molecule has 0 aliphatic rings. The Labute approximate surface area is 102 Å². The van der Waals surface area contributed by atoms with Crippen molar-refractivity contribution in [3.63, 3.8) is 0 Å². The Morgan fingerprint density at radius 3 is 2.62 bits per heavy atom. The summed E-state index contributed by atoms with van der Waals surface area (Å²) in [6.07, 6.45) is 3.68. The van der Waals surface area contributed by atoms with E-state index in [1.807, 2.05) is 6.92 Å². The molecule has 0 rings (SSSR count). The molecule has 0 radical (unpaired) electrons. The highest BCUT2D eigenvalue weighted by molar-refractivity contribution is 4.63. The summed E-state index contributed by atoms with van der Waals surface area (Å²) in [5.41, 5.74) is 0. The van der Waals surface area contributed by atoms with Crippen LogP contribution in [0.2, 0.25) is 0 Å². The Kier molecular flexibility index (Phi) is 11.3. The highest BCUT2D eigenvalue weighted by atomic mass is 16.5. The predicted octanol–water partition coefficient (Wildman–Crippen LogP) is 2.12. The molecule has 0 aromatic rings. The second kappa shape index (κ2) is 11.4. The van der Waals surface area contributed by atoms with Crippen molar-refractivity contribution in [1.82, 2.24) is 10.2 Å². The molecule has 0 aromatic carbocycles. The summed E-state index contributed by atoms with van der Waals surface area (Å²) in [6.45, 7) is 11.6. The number of nitrogens with one attached hydrogen (secondary N) is 1. The van der Waals surface area contributed by atoms with Crippen molar-refractivity contribution in [3.05, 3.63) is 0 Å². The smallest absolute Gasteiger partial charge is 0.0477 e. The van der Waals surface area contributed by atoms with Gasteiger partial charge in [0.25, 0.3) is 0 Å². The molecule has 0 heterocycles. The van der Waals surface area contributed by atoms with Crippen LogP contribution in [-0.2, 0) is 4.74 Å². The molecular weight excluding hydrogens is 200 g/mol. The first-order valence-electron chi connectivity index (χ1n) is 6.71. The van der Waals surface area contributed by atoms with Crippen LogP contribution in [-0.4, -0.2) is 50.8 Å². The zero-order valence-corrected chi connectivity index (χ0v) is 11.6. The Morgan fingerprint density at radius 2 is 2.00 bits per heavy atom. The van der Waals surface area contributed by atoms with Gasteiger partial charge in [-0.2, -0.15) is 0 Å². The van der Waals surface area contributed by atoms with Crippen molar-refractivity contribution < 1.29 is 4.74 Å². The topological polar surface area (TPSA) is 24.5 Å². The van der Waals surface area contributed by atoms with Crippen LogP contribution in [0.5, 0.6) is 0 Å². The Balaban J connectivity index is 3.23. The molecule has 3 nitrogen and oxygen atoms in total. The van der Waals surface area contributed by atoms with Gasteiger partial charge >= 0.3 is 0 Å². The quantitative estimate of drug-likeness (QED) is 0.550. The SMILES string of the molecule is CCCC(C)N(C)CCNCCCOCC. The van der Waals surface area contributed by atoms with Gasteiger partial charge in [0, 0.05) is 32.3 Å². The van der Waals surface area contributed by atoms with Gasteiger partial charge in [-0.3, -0.25) is 0 Å². The molecule has 0 amide bonds. The summed E-state index contributed by atoms with van der Waals surface area (Å²) in [4.78, 5) is 2.43. The molecule has 1 atom stereocenters. The van der Waals surface area contributed by atoms with E-state index < -0.39 is 0 Å². The van der Waals surface area contributed by atoms with Crippen LogP contribution >= 0.6 is 0 Å². The highest BCUT2D eigenvalue weighted by Crippen LogP contribution is 2.02. The zero-order valence-electron chi connectivity index (χ0n) is 11.6. The molecule has 0 bridgehead atoms. The lowest BCUT2D eigenvalue weighted by Crippen LogP contribution is -2.35. The van der Waals surface area contributed by atoms with E-state index in [0.29, 0.717) is 6.04 Å². The lowest BCUT2D eigenvalue weighted by atomic mass is 10.2. The van der Waals surface area contributed by atoms with Gasteiger partial charge in [-0.1, -0.05) is 13.3 Å². The van der Waals surface area contributed by atoms with Crippen LogP contribution in [0.3, 0.4) is 0 Å². The van der Waals surface area contributed by atoms with E-state index in [1.54, 1.807) is 0 Å². The average molecular weight is 230 g/mol. The normalized spacial score (nSPS) is 13.3. The molecule has 0 fully saturated rings. The lowest BCUT2D eigenvalue weighted by molar-refractivity contribution is 0.144. The Bertz CT molecular complexity index is 142. The van der Waals surface area contributed by atoms with Crippen molar-refractivity contribution in [1.29, 1.82) is 0 Å². The molecule has 0 spiro atoms. The minimum Gasteiger partial charge on any atom is -0.382 e. The van der Waals surface area contributed by atoms with Gasteiger partial charge in [-0.05, 0) is 40.3 Å². The molecular formula is C13H30N2O. The maximum atomic E-state index is 5.28. The van der Waals surface area contributed by atoms with Crippen LogP contribution in [0.1, 0.15) is 40.0 Å². The van der Waals surface area contributed by atoms with E-state index >= 15 is 0 Å². The van der Waals surface area contributed by atoms with E-state index in [-0.39, 0.29) is 0 Å². The van der Waals surface area contributed by atoms with Gasteiger partial charge in [0.05, 0.1) is 0 Å². The molecule has 0 saturated heterocycles. The fraction of sp³-hybridized carbons (Fsp3) is 1.00. The zero-order chi connectivity index (χ0) is 12.2. The maximum Gasteiger partial charge on any atom is 0.0477 e. The van der Waals surface area contributed by atoms with Gasteiger partial charge in [0.2, 0.25) is 0 Å². The number of hydrogen-bond acceptors (Lipinski definition) is 3. The molecule has 16 heavy (non-hydrogen) atoms. The Morgan fingerprint density at radius 1 is 1.25 bits per heavy atom. The van der Waals surface area contributed by atoms with Gasteiger partial charge in [-0.25, -0.2) is 0 Å². The number of ether oxygens (including phenoxy) is 1. The summed E-state index contributed by atoms with van der Waals surface area (Å²) < 4.78 is 5.28. The minimum atomic E-state index is 0.704. The van der Waals surface area contributed by atoms with E-state index in [9.17, 15) is 0 Å². The first-order valence-corrected chi connectivity index (χ1v) is 6.71. The van der Waals surface area contributed by atoms with Crippen LogP contribution in [0.4, 0.5) is 0 Å². The molecule has 3 heteroatoms. The lowest BCUT2D eigenvalue weighted by Gasteiger charge is -2.24. The standard InChI is InChI=1S/C13H30N2O/c1-5-8-13(3)15(4)11-10-14-9-7-12-16-6-2/h13-14H,5-12H2,1-4H3. The first kappa shape index (κ1) is 15.9. The molecule has 0 saturated carbocycles. The van der Waals surface area contributed by atoms with Crippen molar-refractivity contribution >= 4 is 0 Å². The van der Waals surface area contributed by atoms with Crippen molar-refractivity contribution in [2.45, 2.75) is 46.1 Å². The largest absolute Gasteiger partial charge is 0.382 e. The minimum absolute atomic E-state index is 0.704. The summed E-state index contributed by atoms with van der Waals surface area (Å²) in [5.74, 6) is 0. The predicted molar refractivity (Wildman–Crippen MR) is 71.0 cm³/mol. The average Bonchev–Trinajstić information content (AvgIpc) is 2.28. The van der Waals surface area contributed by atoms with Crippen LogP contribution in [0.25, 0.3) is 0 Å². The second-order valence-corrected chi connectivity index (χ2v) is 4.42. The fourth-order valence-corrected chi connectivity index (χ4v) is 1.68. The van der Waals surface area contributed by atoms with Gasteiger partial charge in [0.1, 0.15) is 0 Å². The Hall–Kier alpha value is -0.120. The van der Waals surface area contributed by atoms with E-state index in [4.69, 9.17) is 4.74 Å². The molecule has 1 unspecified atom stereocenters. The van der Waals surface area contributed by atoms with Crippen molar-refractivity contribution in [3.8, 4) is 0 Å². The fourth-order valence-electron chi connectivity index (χ4n) is 1.68. The summed E-state index contributed by atoms with van der Waals surface area (Å²) in [7, 11) is 2.21. The maximum absolute atomic E-state index is 5.28. The number of likely N-dealkylation sites (N-methyl/N-ethyl adjacent to an activating group) is 1. The third-order valence-corrected chi connectivity index (χ3v) is 2.95. The van der Waals surface area contributed by atoms with E-state index in [0.717, 1.165) is 39.3 Å². The van der Waals surface area contributed by atoms with E-state index in [1.165, 1.54) is 12.8 Å². The third kappa shape index (κ3) is 9.13. The van der Waals surface area contributed by atoms with Crippen molar-refractivity contribution in [2.75, 3.05) is 39.9 Å². The van der Waals surface area contributed by atoms with Gasteiger partial charge in [0.15, 0.2) is 0 Å². The molecule has 0 aliphatic carbocycles. The van der Waals surface area contributed by atoms with Crippen LogP contribution < -0.4 is 5.32 Å². The number of hydrogen-bond donors (Lipinski definition) is 1. The van der Waals surface area contributed by atoms with Crippen LogP contribution in [0, 0.1) is 0 Å².